The lowest BCUT2D eigenvalue weighted by molar-refractivity contribution is 0.111. The molecule has 5 aromatic carbocycles. The lowest BCUT2D eigenvalue weighted by Crippen LogP contribution is -2.00. The SMILES string of the molecule is CCO.CO.N.NCc1ccc(-n2nccn2)cc1.O.O/N=C/c1ccc(-n2nccn2)cc1.O=Cc1ccc(-n2ccnn2)cc1.O=Cc1ccc(-n2nccn2)cc1.O=Cc1ccc(F)cc1.c1cn[nH]n1. The van der Waals surface area contributed by atoms with Gasteiger partial charge in [0.2, 0.25) is 0 Å². The van der Waals surface area contributed by atoms with Crippen molar-refractivity contribution >= 4 is 25.1 Å². The molecule has 386 valence electrons. The average Bonchev–Trinajstić information content (AvgIpc) is 4.31. The molecular weight excluding hydrogens is 960 g/mol. The highest BCUT2D eigenvalue weighted by atomic mass is 19.1. The van der Waals surface area contributed by atoms with Crippen molar-refractivity contribution < 1.29 is 39.7 Å². The Morgan fingerprint density at radius 3 is 1.19 bits per heavy atom. The number of carbonyl (C=O) groups excluding carboxylic acids is 3. The zero-order chi connectivity index (χ0) is 52.0. The maximum Gasteiger partial charge on any atom is 0.150 e. The number of nitrogens with zero attached hydrogens (tertiary/aromatic N) is 15. The number of carbonyl (C=O) groups is 3. The van der Waals surface area contributed by atoms with Gasteiger partial charge in [-0.05, 0) is 115 Å². The van der Waals surface area contributed by atoms with Crippen LogP contribution in [-0.2, 0) is 6.54 Å². The van der Waals surface area contributed by atoms with E-state index in [-0.39, 0.29) is 24.1 Å². The highest BCUT2D eigenvalue weighted by Crippen LogP contribution is 2.09. The number of nitrogens with one attached hydrogen (secondary N) is 1. The second kappa shape index (κ2) is 37.8. The van der Waals surface area contributed by atoms with E-state index in [1.165, 1.54) is 40.1 Å². The van der Waals surface area contributed by atoms with Gasteiger partial charge < -0.3 is 32.8 Å². The van der Waals surface area contributed by atoms with Gasteiger partial charge in [0.05, 0.1) is 90.9 Å². The Morgan fingerprint density at radius 1 is 0.554 bits per heavy atom. The van der Waals surface area contributed by atoms with Crippen molar-refractivity contribution in [1.29, 1.82) is 0 Å². The molecule has 25 nitrogen and oxygen atoms in total. The van der Waals surface area contributed by atoms with E-state index in [2.05, 4.69) is 61.5 Å². The van der Waals surface area contributed by atoms with Crippen LogP contribution < -0.4 is 11.9 Å². The van der Waals surface area contributed by atoms with Gasteiger partial charge in [-0.15, -0.1) is 5.10 Å². The molecule has 0 amide bonds. The molecule has 0 aliphatic carbocycles. The van der Waals surface area contributed by atoms with Crippen LogP contribution in [0.15, 0.2) is 188 Å². The Bertz CT molecular complexity index is 2790. The number of aldehydes is 3. The fraction of sp³-hybridized carbons (Fsp3) is 0.0833. The molecule has 11 N–H and O–H groups in total. The van der Waals surface area contributed by atoms with Crippen LogP contribution in [0.4, 0.5) is 4.39 Å². The summed E-state index contributed by atoms with van der Waals surface area (Å²) in [4.78, 5) is 35.3. The normalized spacial score (nSPS) is 9.27. The molecule has 0 aliphatic rings. The predicted octanol–water partition coefficient (Wildman–Crippen LogP) is 4.35. The van der Waals surface area contributed by atoms with E-state index < -0.39 is 0 Å². The number of hydrogen-bond donors (Lipinski definition) is 6. The number of nitrogens with two attached hydrogens (primary N) is 1. The van der Waals surface area contributed by atoms with Crippen molar-refractivity contribution in [3.63, 3.8) is 0 Å². The zero-order valence-corrected chi connectivity index (χ0v) is 40.0. The van der Waals surface area contributed by atoms with Crippen LogP contribution in [0, 0.1) is 5.82 Å². The smallest absolute Gasteiger partial charge is 0.150 e. The number of aromatic amines is 1. The van der Waals surface area contributed by atoms with E-state index >= 15 is 0 Å². The van der Waals surface area contributed by atoms with Crippen LogP contribution in [-0.4, -0.2) is 135 Å². The topological polar surface area (TPSA) is 381 Å². The highest BCUT2D eigenvalue weighted by molar-refractivity contribution is 5.79. The Kier molecular flexibility index (Phi) is 31.7. The molecule has 10 aromatic rings. The second-order valence-corrected chi connectivity index (χ2v) is 13.1. The fourth-order valence-electron chi connectivity index (χ4n) is 5.02. The number of aromatic nitrogens is 15. The van der Waals surface area contributed by atoms with Crippen LogP contribution in [0.2, 0.25) is 0 Å². The van der Waals surface area contributed by atoms with Crippen LogP contribution in [0.5, 0.6) is 0 Å². The third-order valence-electron chi connectivity index (χ3n) is 8.30. The van der Waals surface area contributed by atoms with Crippen molar-refractivity contribution in [1.82, 2.24) is 81.5 Å². The third-order valence-corrected chi connectivity index (χ3v) is 8.30. The molecule has 0 saturated heterocycles. The second-order valence-electron chi connectivity index (χ2n) is 13.1. The largest absolute Gasteiger partial charge is 0.412 e. The minimum atomic E-state index is -0.319. The summed E-state index contributed by atoms with van der Waals surface area (Å²) in [5, 5.41) is 66.6. The van der Waals surface area contributed by atoms with Gasteiger partial charge in [0.25, 0.3) is 0 Å². The van der Waals surface area contributed by atoms with E-state index in [0.29, 0.717) is 29.5 Å². The van der Waals surface area contributed by atoms with Gasteiger partial charge in [-0.3, -0.25) is 14.4 Å². The number of aliphatic hydroxyl groups is 2. The molecule has 5 aromatic heterocycles. The van der Waals surface area contributed by atoms with Gasteiger partial charge in [0.1, 0.15) is 24.7 Å². The molecule has 0 aliphatic heterocycles. The first kappa shape index (κ1) is 62.0. The quantitative estimate of drug-likeness (QED) is 0.0506. The van der Waals surface area contributed by atoms with Crippen LogP contribution in [0.25, 0.3) is 22.7 Å². The summed E-state index contributed by atoms with van der Waals surface area (Å²) in [6.07, 6.45) is 19.9. The van der Waals surface area contributed by atoms with Crippen LogP contribution >= 0.6 is 0 Å². The molecule has 0 atom stereocenters. The molecule has 0 fully saturated rings. The Labute approximate surface area is 423 Å². The van der Waals surface area contributed by atoms with Gasteiger partial charge in [-0.2, -0.15) is 60.4 Å². The van der Waals surface area contributed by atoms with Gasteiger partial charge in [0, 0.05) is 37.0 Å². The lowest BCUT2D eigenvalue weighted by Gasteiger charge is -2.00. The summed E-state index contributed by atoms with van der Waals surface area (Å²) >= 11 is 0. The molecule has 0 unspecified atom stereocenters. The highest BCUT2D eigenvalue weighted by Gasteiger charge is 1.99. The van der Waals surface area contributed by atoms with E-state index in [1.54, 1.807) is 115 Å². The van der Waals surface area contributed by atoms with E-state index in [9.17, 15) is 18.8 Å². The maximum absolute atomic E-state index is 12.1. The standard InChI is InChI=1S/C9H8N4O.C9H10N4.2C9H7N3O.C7H5FO.C2H3N3.C2H6O.CH4O.H3N.H2O/c14-12-7-8-1-3-9(4-2-8)13-10-5-6-11-13;10-7-8-1-3-9(4-2-8)13-11-5-6-12-13;13-7-8-1-3-9(4-2-8)12-6-5-10-11-12;13-7-8-1-3-9(4-2-8)12-10-5-6-11-12;8-7-3-1-6(5-9)2-4-7;1-2-4-5-3-1;1-2-3;1-2;;/h1-7,14H;1-6H,7,10H2;2*1-7H;1-5H;1-2H,(H,3,4,5);3H,2H2,1H3;2H,1H3;1H3;1H2/b12-7+;;;;;;;;;. The zero-order valence-electron chi connectivity index (χ0n) is 40.0. The number of halogens is 1. The Morgan fingerprint density at radius 2 is 0.892 bits per heavy atom. The van der Waals surface area contributed by atoms with Gasteiger partial charge in [0.15, 0.2) is 0 Å². The van der Waals surface area contributed by atoms with Crippen molar-refractivity contribution in [3.8, 4) is 22.7 Å². The summed E-state index contributed by atoms with van der Waals surface area (Å²) in [5.74, 6) is -0.319. The Hall–Kier alpha value is -9.99. The summed E-state index contributed by atoms with van der Waals surface area (Å²) in [7, 11) is 1.00. The number of H-pyrrole nitrogens is 1. The summed E-state index contributed by atoms with van der Waals surface area (Å²) in [6.45, 7) is 2.49. The molecular formula is C48H55FN18O7. The minimum Gasteiger partial charge on any atom is -0.412 e. The molecule has 10 rings (SSSR count). The first-order chi connectivity index (χ1) is 35.3. The van der Waals surface area contributed by atoms with E-state index in [0.717, 1.165) is 53.6 Å². The maximum atomic E-state index is 12.1. The first-order valence-corrected chi connectivity index (χ1v) is 21.0. The molecule has 0 saturated carbocycles. The number of aliphatic hydroxyl groups excluding tert-OH is 2. The van der Waals surface area contributed by atoms with Gasteiger partial charge >= 0.3 is 0 Å². The van der Waals surface area contributed by atoms with Gasteiger partial charge in [-0.1, -0.05) is 34.6 Å². The molecule has 0 spiro atoms. The van der Waals surface area contributed by atoms with Crippen molar-refractivity contribution in [3.05, 3.63) is 217 Å². The average molecular weight is 1020 g/mol. The number of benzene rings is 5. The number of oxime groups is 1. The first-order valence-electron chi connectivity index (χ1n) is 21.0. The van der Waals surface area contributed by atoms with Gasteiger partial charge in [-0.25, -0.2) is 9.07 Å². The lowest BCUT2D eigenvalue weighted by atomic mass is 10.2. The fourth-order valence-corrected chi connectivity index (χ4v) is 5.02. The summed E-state index contributed by atoms with van der Waals surface area (Å²) < 4.78 is 13.7. The van der Waals surface area contributed by atoms with Crippen molar-refractivity contribution in [2.45, 2.75) is 13.5 Å². The molecule has 26 heteroatoms. The summed E-state index contributed by atoms with van der Waals surface area (Å²) in [5.41, 5.74) is 12.8. The summed E-state index contributed by atoms with van der Waals surface area (Å²) in [6, 6.07) is 34.7. The number of rotatable bonds is 9. The molecule has 0 bridgehead atoms. The van der Waals surface area contributed by atoms with E-state index in [1.807, 2.05) is 60.7 Å². The minimum absolute atomic E-state index is 0. The monoisotopic (exact) mass is 1010 g/mol. The van der Waals surface area contributed by atoms with E-state index in [4.69, 9.17) is 21.2 Å². The predicted molar refractivity (Wildman–Crippen MR) is 271 cm³/mol. The number of hydrogen-bond acceptors (Lipinski definition) is 19. The Balaban J connectivity index is 0.000000441. The molecule has 0 radical (unpaired) electrons. The van der Waals surface area contributed by atoms with Crippen LogP contribution in [0.1, 0.15) is 49.1 Å². The van der Waals surface area contributed by atoms with Crippen molar-refractivity contribution in [2.75, 3.05) is 13.7 Å². The molecule has 74 heavy (non-hydrogen) atoms. The molecule has 5 heterocycles. The van der Waals surface area contributed by atoms with Crippen molar-refractivity contribution in [2.24, 2.45) is 10.9 Å². The third kappa shape index (κ3) is 23.1. The van der Waals surface area contributed by atoms with Crippen LogP contribution in [0.3, 0.4) is 0 Å².